The maximum Gasteiger partial charge on any atom is 0.191 e. The molecule has 6 nitrogen and oxygen atoms in total. The lowest BCUT2D eigenvalue weighted by molar-refractivity contribution is 0.680. The lowest BCUT2D eigenvalue weighted by Gasteiger charge is -2.12. The summed E-state index contributed by atoms with van der Waals surface area (Å²) in [7, 11) is 0. The molecule has 0 aliphatic heterocycles. The summed E-state index contributed by atoms with van der Waals surface area (Å²) in [6, 6.07) is 10.3. The largest absolute Gasteiger partial charge is 0.357 e. The summed E-state index contributed by atoms with van der Waals surface area (Å²) in [4.78, 5) is 10.7. The molecule has 8 heteroatoms. The number of halogens is 1. The van der Waals surface area contributed by atoms with Gasteiger partial charge < -0.3 is 10.6 Å². The van der Waals surface area contributed by atoms with E-state index in [9.17, 15) is 0 Å². The van der Waals surface area contributed by atoms with Gasteiger partial charge in [-0.2, -0.15) is 5.10 Å². The molecule has 2 N–H and O–H groups in total. The Balaban J connectivity index is 0.00000300. The van der Waals surface area contributed by atoms with Gasteiger partial charge in [-0.15, -0.1) is 35.3 Å². The Hall–Kier alpha value is -1.94. The number of aryl methyl sites for hydroxylation is 2. The van der Waals surface area contributed by atoms with Crippen LogP contribution in [0.5, 0.6) is 0 Å². The van der Waals surface area contributed by atoms with Crippen molar-refractivity contribution >= 4 is 41.3 Å². The Morgan fingerprint density at radius 1 is 1.14 bits per heavy atom. The molecule has 0 spiro atoms. The summed E-state index contributed by atoms with van der Waals surface area (Å²) in [5.41, 5.74) is 3.58. The highest BCUT2D eigenvalue weighted by molar-refractivity contribution is 14.0. The molecule has 0 radical (unpaired) electrons. The molecular formula is C21H29IN6S. The van der Waals surface area contributed by atoms with Gasteiger partial charge >= 0.3 is 0 Å². The van der Waals surface area contributed by atoms with Gasteiger partial charge in [0.15, 0.2) is 5.96 Å². The zero-order chi connectivity index (χ0) is 19.8. The maximum atomic E-state index is 4.78. The van der Waals surface area contributed by atoms with Crippen LogP contribution in [0.25, 0.3) is 0 Å². The highest BCUT2D eigenvalue weighted by Gasteiger charge is 2.06. The number of aliphatic imine (C=N–C) groups is 1. The predicted molar refractivity (Wildman–Crippen MR) is 131 cm³/mol. The molecule has 1 aromatic carbocycles. The third-order valence-electron chi connectivity index (χ3n) is 4.47. The first-order valence-corrected chi connectivity index (χ1v) is 10.5. The van der Waals surface area contributed by atoms with Crippen LogP contribution in [-0.2, 0) is 19.5 Å². The minimum absolute atomic E-state index is 0. The minimum atomic E-state index is 0. The fraction of sp³-hybridized carbons (Fsp3) is 0.381. The number of nitrogens with zero attached hydrogens (tertiary/aromatic N) is 4. The summed E-state index contributed by atoms with van der Waals surface area (Å²) in [6.45, 7) is 9.29. The van der Waals surface area contributed by atoms with Gasteiger partial charge in [-0.3, -0.25) is 4.68 Å². The molecule has 0 amide bonds. The quantitative estimate of drug-likeness (QED) is 0.266. The molecule has 0 aliphatic rings. The SMILES string of the molecule is CCNC(=NCc1ccccc1Cn1cccn1)NCCc1nc(C)c(C)s1.I. The Labute approximate surface area is 193 Å². The third kappa shape index (κ3) is 7.11. The van der Waals surface area contributed by atoms with Gasteiger partial charge in [-0.25, -0.2) is 9.98 Å². The van der Waals surface area contributed by atoms with Gasteiger partial charge in [-0.1, -0.05) is 24.3 Å². The van der Waals surface area contributed by atoms with E-state index in [-0.39, 0.29) is 24.0 Å². The first-order chi connectivity index (χ1) is 13.7. The van der Waals surface area contributed by atoms with Gasteiger partial charge in [-0.05, 0) is 38.0 Å². The van der Waals surface area contributed by atoms with Crippen LogP contribution in [0.4, 0.5) is 0 Å². The van der Waals surface area contributed by atoms with Crippen molar-refractivity contribution in [3.05, 3.63) is 69.4 Å². The first kappa shape index (κ1) is 23.3. The van der Waals surface area contributed by atoms with Gasteiger partial charge in [0.2, 0.25) is 0 Å². The number of benzene rings is 1. The molecular weight excluding hydrogens is 495 g/mol. The van der Waals surface area contributed by atoms with E-state index < -0.39 is 0 Å². The fourth-order valence-corrected chi connectivity index (χ4v) is 3.81. The molecule has 0 unspecified atom stereocenters. The molecule has 0 saturated carbocycles. The van der Waals surface area contributed by atoms with Crippen LogP contribution in [0.1, 0.15) is 33.6 Å². The second kappa shape index (κ2) is 11.9. The number of guanidine groups is 1. The fourth-order valence-electron chi connectivity index (χ4n) is 2.87. The van der Waals surface area contributed by atoms with Crippen molar-refractivity contribution in [3.8, 4) is 0 Å². The molecule has 0 bridgehead atoms. The summed E-state index contributed by atoms with van der Waals surface area (Å²) in [5, 5.41) is 12.2. The molecule has 0 atom stereocenters. The monoisotopic (exact) mass is 524 g/mol. The van der Waals surface area contributed by atoms with Gasteiger partial charge in [0.1, 0.15) is 0 Å². The van der Waals surface area contributed by atoms with E-state index in [0.717, 1.165) is 37.7 Å². The van der Waals surface area contributed by atoms with Gasteiger partial charge in [0.25, 0.3) is 0 Å². The summed E-state index contributed by atoms with van der Waals surface area (Å²) in [6.07, 6.45) is 4.69. The third-order valence-corrected chi connectivity index (χ3v) is 5.60. The van der Waals surface area contributed by atoms with Crippen molar-refractivity contribution in [2.24, 2.45) is 4.99 Å². The molecule has 29 heavy (non-hydrogen) atoms. The summed E-state index contributed by atoms with van der Waals surface area (Å²) >= 11 is 1.77. The van der Waals surface area contributed by atoms with Crippen molar-refractivity contribution < 1.29 is 0 Å². The zero-order valence-electron chi connectivity index (χ0n) is 17.2. The second-order valence-corrected chi connectivity index (χ2v) is 7.88. The van der Waals surface area contributed by atoms with Crippen LogP contribution in [0.15, 0.2) is 47.7 Å². The molecule has 0 fully saturated rings. The number of aromatic nitrogens is 3. The highest BCUT2D eigenvalue weighted by atomic mass is 127. The Bertz CT molecular complexity index is 884. The second-order valence-electron chi connectivity index (χ2n) is 6.59. The van der Waals surface area contributed by atoms with Crippen molar-refractivity contribution in [1.82, 2.24) is 25.4 Å². The molecule has 2 heterocycles. The standard InChI is InChI=1S/C21H28N6S.HI/c1-4-22-21(23-12-10-20-26-16(2)17(3)28-20)24-14-18-8-5-6-9-19(18)15-27-13-7-11-25-27;/h5-9,11,13H,4,10,12,14-15H2,1-3H3,(H2,22,23,24);1H. The highest BCUT2D eigenvalue weighted by Crippen LogP contribution is 2.16. The normalized spacial score (nSPS) is 11.2. The molecule has 3 rings (SSSR count). The predicted octanol–water partition coefficient (Wildman–Crippen LogP) is 3.92. The van der Waals surface area contributed by atoms with Gasteiger partial charge in [0, 0.05) is 36.8 Å². The summed E-state index contributed by atoms with van der Waals surface area (Å²) in [5.74, 6) is 0.835. The van der Waals surface area contributed by atoms with Crippen molar-refractivity contribution in [2.75, 3.05) is 13.1 Å². The van der Waals surface area contributed by atoms with Crippen LogP contribution in [-0.4, -0.2) is 33.8 Å². The number of hydrogen-bond acceptors (Lipinski definition) is 4. The maximum absolute atomic E-state index is 4.78. The Morgan fingerprint density at radius 3 is 2.59 bits per heavy atom. The van der Waals surface area contributed by atoms with E-state index in [4.69, 9.17) is 4.99 Å². The number of nitrogens with one attached hydrogen (secondary N) is 2. The zero-order valence-corrected chi connectivity index (χ0v) is 20.3. The van der Waals surface area contributed by atoms with E-state index in [1.54, 1.807) is 17.5 Å². The molecule has 3 aromatic rings. The summed E-state index contributed by atoms with van der Waals surface area (Å²) < 4.78 is 1.93. The first-order valence-electron chi connectivity index (χ1n) is 9.65. The number of hydrogen-bond donors (Lipinski definition) is 2. The van der Waals surface area contributed by atoms with E-state index in [0.29, 0.717) is 6.54 Å². The van der Waals surface area contributed by atoms with Crippen LogP contribution >= 0.6 is 35.3 Å². The molecule has 2 aromatic heterocycles. The minimum Gasteiger partial charge on any atom is -0.357 e. The van der Waals surface area contributed by atoms with Crippen LogP contribution < -0.4 is 10.6 Å². The molecule has 0 aliphatic carbocycles. The van der Waals surface area contributed by atoms with E-state index in [1.165, 1.54) is 21.0 Å². The van der Waals surface area contributed by atoms with Crippen LogP contribution in [0.3, 0.4) is 0 Å². The number of thiazole rings is 1. The van der Waals surface area contributed by atoms with Gasteiger partial charge in [0.05, 0.1) is 23.8 Å². The van der Waals surface area contributed by atoms with Crippen molar-refractivity contribution in [3.63, 3.8) is 0 Å². The lowest BCUT2D eigenvalue weighted by Crippen LogP contribution is -2.38. The number of rotatable bonds is 8. The van der Waals surface area contributed by atoms with Crippen LogP contribution in [0.2, 0.25) is 0 Å². The topological polar surface area (TPSA) is 67.1 Å². The Kier molecular flexibility index (Phi) is 9.59. The Morgan fingerprint density at radius 2 is 1.93 bits per heavy atom. The van der Waals surface area contributed by atoms with Crippen molar-refractivity contribution in [1.29, 1.82) is 0 Å². The lowest BCUT2D eigenvalue weighted by atomic mass is 10.1. The van der Waals surface area contributed by atoms with E-state index in [1.807, 2.05) is 16.9 Å². The average Bonchev–Trinajstić information content (AvgIpc) is 3.30. The van der Waals surface area contributed by atoms with Crippen molar-refractivity contribution in [2.45, 2.75) is 40.3 Å². The molecule has 156 valence electrons. The molecule has 0 saturated heterocycles. The smallest absolute Gasteiger partial charge is 0.191 e. The average molecular weight is 524 g/mol. The van der Waals surface area contributed by atoms with E-state index in [2.05, 4.69) is 65.8 Å². The van der Waals surface area contributed by atoms with E-state index >= 15 is 0 Å². The van der Waals surface area contributed by atoms with Crippen LogP contribution in [0, 0.1) is 13.8 Å².